The van der Waals surface area contributed by atoms with E-state index in [1.165, 1.54) is 17.0 Å². The van der Waals surface area contributed by atoms with Crippen molar-refractivity contribution in [2.24, 2.45) is 15.9 Å². The summed E-state index contributed by atoms with van der Waals surface area (Å²) in [6, 6.07) is 11.0. The standard InChI is InChI=1S/C23H22ClFN4O2S/c1-12(2)10-19-22(31)29-20(26-19)15-6-4-5-7-17(15)28-23(29)32-13(3)21(30)27-18-9-8-14(24)11-16(18)25/h4-9,11-13,19H,10H2,1-3H3,(H,27,30)/t13-,19+/m1/s1. The maximum Gasteiger partial charge on any atom is 0.259 e. The zero-order chi connectivity index (χ0) is 23.0. The van der Waals surface area contributed by atoms with Gasteiger partial charge in [0.25, 0.3) is 5.91 Å². The topological polar surface area (TPSA) is 74.1 Å². The number of amides is 2. The average molecular weight is 473 g/mol. The molecule has 6 nitrogen and oxygen atoms in total. The monoisotopic (exact) mass is 472 g/mol. The van der Waals surface area contributed by atoms with Gasteiger partial charge in [-0.05, 0) is 49.6 Å². The molecule has 0 radical (unpaired) electrons. The van der Waals surface area contributed by atoms with Crippen molar-refractivity contribution in [3.63, 3.8) is 0 Å². The molecule has 0 saturated carbocycles. The second-order valence-electron chi connectivity index (χ2n) is 8.06. The van der Waals surface area contributed by atoms with Crippen molar-refractivity contribution in [1.29, 1.82) is 0 Å². The molecule has 2 aromatic carbocycles. The van der Waals surface area contributed by atoms with E-state index in [-0.39, 0.29) is 16.6 Å². The van der Waals surface area contributed by atoms with E-state index in [0.717, 1.165) is 23.4 Å². The summed E-state index contributed by atoms with van der Waals surface area (Å²) in [7, 11) is 0. The van der Waals surface area contributed by atoms with Crippen LogP contribution >= 0.6 is 23.4 Å². The minimum Gasteiger partial charge on any atom is -0.323 e. The fourth-order valence-corrected chi connectivity index (χ4v) is 4.59. The van der Waals surface area contributed by atoms with Crippen LogP contribution in [-0.4, -0.2) is 39.0 Å². The van der Waals surface area contributed by atoms with Crippen molar-refractivity contribution in [3.05, 3.63) is 58.9 Å². The van der Waals surface area contributed by atoms with Crippen LogP contribution in [0.15, 0.2) is 52.4 Å². The molecule has 9 heteroatoms. The first-order chi connectivity index (χ1) is 15.2. The Balaban J connectivity index is 1.58. The fraction of sp³-hybridized carbons (Fsp3) is 0.304. The van der Waals surface area contributed by atoms with Crippen LogP contribution in [0.25, 0.3) is 0 Å². The molecule has 4 rings (SSSR count). The molecule has 166 valence electrons. The lowest BCUT2D eigenvalue weighted by Gasteiger charge is -2.27. The number of hydrogen-bond donors (Lipinski definition) is 1. The minimum atomic E-state index is -0.646. The lowest BCUT2D eigenvalue weighted by molar-refractivity contribution is -0.125. The van der Waals surface area contributed by atoms with E-state index in [0.29, 0.717) is 29.0 Å². The van der Waals surface area contributed by atoms with E-state index >= 15 is 0 Å². The van der Waals surface area contributed by atoms with E-state index in [9.17, 15) is 14.0 Å². The van der Waals surface area contributed by atoms with Crippen molar-refractivity contribution >= 4 is 57.6 Å². The Bertz CT molecular complexity index is 1150. The summed E-state index contributed by atoms with van der Waals surface area (Å²) in [5.41, 5.74) is 1.52. The molecular weight excluding hydrogens is 451 g/mol. The van der Waals surface area contributed by atoms with Gasteiger partial charge in [-0.1, -0.05) is 49.3 Å². The summed E-state index contributed by atoms with van der Waals surface area (Å²) >= 11 is 6.91. The van der Waals surface area contributed by atoms with Crippen LogP contribution in [0.4, 0.5) is 15.8 Å². The molecule has 2 aliphatic rings. The molecule has 2 amide bonds. The van der Waals surface area contributed by atoms with Gasteiger partial charge in [0, 0.05) is 10.6 Å². The molecule has 0 saturated heterocycles. The fourth-order valence-electron chi connectivity index (χ4n) is 3.52. The Morgan fingerprint density at radius 1 is 1.25 bits per heavy atom. The Hall–Kier alpha value is -2.71. The highest BCUT2D eigenvalue weighted by molar-refractivity contribution is 8.15. The lowest BCUT2D eigenvalue weighted by atomic mass is 10.0. The second-order valence-corrected chi connectivity index (χ2v) is 9.80. The van der Waals surface area contributed by atoms with E-state index in [2.05, 4.69) is 10.3 Å². The number of carbonyl (C=O) groups is 2. The van der Waals surface area contributed by atoms with Crippen LogP contribution in [0.3, 0.4) is 0 Å². The van der Waals surface area contributed by atoms with Crippen LogP contribution in [0, 0.1) is 11.7 Å². The van der Waals surface area contributed by atoms with Crippen LogP contribution < -0.4 is 5.32 Å². The molecule has 0 aromatic heterocycles. The maximum absolute atomic E-state index is 14.1. The van der Waals surface area contributed by atoms with Gasteiger partial charge in [0.05, 0.1) is 16.6 Å². The van der Waals surface area contributed by atoms with Crippen molar-refractivity contribution in [2.75, 3.05) is 5.32 Å². The van der Waals surface area contributed by atoms with E-state index in [1.54, 1.807) is 6.92 Å². The third-order valence-corrected chi connectivity index (χ3v) is 6.37. The molecule has 2 aromatic rings. The molecule has 0 bridgehead atoms. The second kappa shape index (κ2) is 9.03. The summed E-state index contributed by atoms with van der Waals surface area (Å²) in [5.74, 6) is -0.317. The predicted octanol–water partition coefficient (Wildman–Crippen LogP) is 5.24. The molecule has 2 heterocycles. The number of hydrogen-bond acceptors (Lipinski definition) is 5. The number of amidine groups is 2. The number of nitrogens with one attached hydrogen (secondary N) is 1. The van der Waals surface area contributed by atoms with Gasteiger partial charge in [-0.25, -0.2) is 14.3 Å². The number of carbonyl (C=O) groups excluding carboxylic acids is 2. The summed E-state index contributed by atoms with van der Waals surface area (Å²) in [6.07, 6.45) is 0.630. The van der Waals surface area contributed by atoms with Gasteiger partial charge in [-0.15, -0.1) is 0 Å². The van der Waals surface area contributed by atoms with Gasteiger partial charge < -0.3 is 5.32 Å². The molecule has 2 aliphatic heterocycles. The number of thioether (sulfide) groups is 1. The quantitative estimate of drug-likeness (QED) is 0.646. The van der Waals surface area contributed by atoms with Crippen LogP contribution in [0.2, 0.25) is 5.02 Å². The van der Waals surface area contributed by atoms with E-state index in [4.69, 9.17) is 16.6 Å². The number of benzene rings is 2. The molecule has 0 aliphatic carbocycles. The van der Waals surface area contributed by atoms with Crippen molar-refractivity contribution in [3.8, 4) is 0 Å². The normalized spacial score (nSPS) is 18.1. The molecule has 0 unspecified atom stereocenters. The van der Waals surface area contributed by atoms with E-state index < -0.39 is 23.0 Å². The van der Waals surface area contributed by atoms with Gasteiger partial charge in [0.15, 0.2) is 5.17 Å². The third-order valence-electron chi connectivity index (χ3n) is 5.08. The Labute approximate surface area is 195 Å². The highest BCUT2D eigenvalue weighted by Gasteiger charge is 2.42. The first-order valence-corrected chi connectivity index (χ1v) is 11.5. The van der Waals surface area contributed by atoms with Crippen molar-refractivity contribution in [1.82, 2.24) is 4.90 Å². The first-order valence-electron chi connectivity index (χ1n) is 10.3. The summed E-state index contributed by atoms with van der Waals surface area (Å²) in [6.45, 7) is 5.77. The highest BCUT2D eigenvalue weighted by Crippen LogP contribution is 2.35. The zero-order valence-corrected chi connectivity index (χ0v) is 19.4. The number of halogens is 2. The average Bonchev–Trinajstić information content (AvgIpc) is 3.06. The summed E-state index contributed by atoms with van der Waals surface area (Å²) < 4.78 is 14.1. The van der Waals surface area contributed by atoms with Gasteiger partial charge in [-0.2, -0.15) is 0 Å². The lowest BCUT2D eigenvalue weighted by Crippen LogP contribution is -2.42. The number of para-hydroxylation sites is 1. The largest absolute Gasteiger partial charge is 0.323 e. The van der Waals surface area contributed by atoms with Crippen LogP contribution in [-0.2, 0) is 9.59 Å². The van der Waals surface area contributed by atoms with Gasteiger partial charge in [-0.3, -0.25) is 14.6 Å². The number of fused-ring (bicyclic) bond motifs is 3. The first kappa shape index (κ1) is 22.5. The smallest absolute Gasteiger partial charge is 0.259 e. The molecule has 0 fully saturated rings. The Kier molecular flexibility index (Phi) is 6.35. The summed E-state index contributed by atoms with van der Waals surface area (Å²) in [4.78, 5) is 36.7. The Morgan fingerprint density at radius 3 is 2.72 bits per heavy atom. The van der Waals surface area contributed by atoms with Gasteiger partial charge in [0.2, 0.25) is 5.91 Å². The number of nitrogens with zero attached hydrogens (tertiary/aromatic N) is 3. The number of rotatable bonds is 5. The van der Waals surface area contributed by atoms with Crippen LogP contribution in [0.5, 0.6) is 0 Å². The number of anilines is 1. The van der Waals surface area contributed by atoms with Crippen molar-refractivity contribution in [2.45, 2.75) is 38.5 Å². The molecule has 32 heavy (non-hydrogen) atoms. The molecule has 2 atom stereocenters. The number of aliphatic imine (C=N–C) groups is 2. The predicted molar refractivity (Wildman–Crippen MR) is 127 cm³/mol. The van der Waals surface area contributed by atoms with Gasteiger partial charge >= 0.3 is 0 Å². The zero-order valence-electron chi connectivity index (χ0n) is 17.8. The van der Waals surface area contributed by atoms with Gasteiger partial charge in [0.1, 0.15) is 17.7 Å². The molecular formula is C23H22ClFN4O2S. The molecule has 0 spiro atoms. The summed E-state index contributed by atoms with van der Waals surface area (Å²) in [5, 5.41) is 2.55. The minimum absolute atomic E-state index is 0.0410. The SMILES string of the molecule is CC(C)C[C@@H]1N=C2c3ccccc3N=C(S[C@H](C)C(=O)Nc3ccc(Cl)cc3F)N2C1=O. The van der Waals surface area contributed by atoms with E-state index in [1.807, 2.05) is 38.1 Å². The third kappa shape index (κ3) is 4.42. The van der Waals surface area contributed by atoms with Crippen LogP contribution in [0.1, 0.15) is 32.8 Å². The highest BCUT2D eigenvalue weighted by atomic mass is 35.5. The van der Waals surface area contributed by atoms with Crippen molar-refractivity contribution < 1.29 is 14.0 Å². The Morgan fingerprint density at radius 2 is 2.00 bits per heavy atom. The molecule has 1 N–H and O–H groups in total. The maximum atomic E-state index is 14.1.